The molecule has 0 radical (unpaired) electrons. The summed E-state index contributed by atoms with van der Waals surface area (Å²) < 4.78 is 40.6. The van der Waals surface area contributed by atoms with Crippen molar-refractivity contribution < 1.29 is 18.0 Å². The molecule has 1 amide bonds. The van der Waals surface area contributed by atoms with Gasteiger partial charge in [-0.25, -0.2) is 9.67 Å². The quantitative estimate of drug-likeness (QED) is 0.620. The minimum absolute atomic E-state index is 0.0323. The van der Waals surface area contributed by atoms with Crippen LogP contribution in [0.1, 0.15) is 23.1 Å². The van der Waals surface area contributed by atoms with E-state index in [9.17, 15) is 18.0 Å². The van der Waals surface area contributed by atoms with Crippen molar-refractivity contribution in [1.29, 1.82) is 0 Å². The second kappa shape index (κ2) is 7.90. The molecule has 3 aromatic rings. The molecule has 5 nitrogen and oxygen atoms in total. The first-order valence-corrected chi connectivity index (χ1v) is 9.99. The minimum Gasteiger partial charge on any atom is -0.323 e. The van der Waals surface area contributed by atoms with Crippen LogP contribution in [0.4, 0.5) is 18.9 Å². The molecule has 0 bridgehead atoms. The Labute approximate surface area is 169 Å². The summed E-state index contributed by atoms with van der Waals surface area (Å²) in [5.74, 6) is -0.303. The molecular formula is C20H17F3N4OS. The number of carbonyl (C=O) groups is 1. The van der Waals surface area contributed by atoms with E-state index in [4.69, 9.17) is 0 Å². The fourth-order valence-electron chi connectivity index (χ4n) is 3.32. The molecule has 1 heterocycles. The monoisotopic (exact) mass is 418 g/mol. The summed E-state index contributed by atoms with van der Waals surface area (Å²) >= 11 is 1.36. The van der Waals surface area contributed by atoms with E-state index in [1.54, 1.807) is 0 Å². The summed E-state index contributed by atoms with van der Waals surface area (Å²) in [4.78, 5) is 17.2. The van der Waals surface area contributed by atoms with Crippen LogP contribution < -0.4 is 5.32 Å². The highest BCUT2D eigenvalue weighted by molar-refractivity contribution is 8.00. The number of hydrogen-bond donors (Lipinski definition) is 1. The van der Waals surface area contributed by atoms with Gasteiger partial charge in [0.2, 0.25) is 5.91 Å². The highest BCUT2D eigenvalue weighted by Crippen LogP contribution is 2.33. The molecule has 0 aliphatic heterocycles. The lowest BCUT2D eigenvalue weighted by atomic mass is 10.1. The van der Waals surface area contributed by atoms with Gasteiger partial charge in [-0.15, -0.1) is 11.8 Å². The van der Waals surface area contributed by atoms with Gasteiger partial charge in [-0.2, -0.15) is 18.3 Å². The molecule has 9 heteroatoms. The van der Waals surface area contributed by atoms with E-state index in [0.29, 0.717) is 5.69 Å². The molecule has 0 saturated carbocycles. The fraction of sp³-hybridized carbons (Fsp3) is 0.250. The molecule has 0 spiro atoms. The van der Waals surface area contributed by atoms with Gasteiger partial charge in [0.25, 0.3) is 0 Å². The van der Waals surface area contributed by atoms with Gasteiger partial charge in [0.1, 0.15) is 12.7 Å². The zero-order valence-corrected chi connectivity index (χ0v) is 16.1. The number of hydrogen-bond acceptors (Lipinski definition) is 4. The van der Waals surface area contributed by atoms with E-state index < -0.39 is 17.6 Å². The summed E-state index contributed by atoms with van der Waals surface area (Å²) in [6.07, 6.45) is 1.39. The molecule has 0 unspecified atom stereocenters. The van der Waals surface area contributed by atoms with Gasteiger partial charge in [-0.1, -0.05) is 6.07 Å². The Bertz CT molecular complexity index is 1030. The maximum absolute atomic E-state index is 13.1. The smallest absolute Gasteiger partial charge is 0.323 e. The van der Waals surface area contributed by atoms with Crippen LogP contribution in [0.15, 0.2) is 53.9 Å². The van der Waals surface area contributed by atoms with Crippen molar-refractivity contribution >= 4 is 23.4 Å². The average molecular weight is 418 g/mol. The summed E-state index contributed by atoms with van der Waals surface area (Å²) in [5, 5.41) is 6.53. The maximum Gasteiger partial charge on any atom is 0.416 e. The average Bonchev–Trinajstić information content (AvgIpc) is 3.37. The van der Waals surface area contributed by atoms with Gasteiger partial charge in [-0.3, -0.25) is 4.79 Å². The SMILES string of the molecule is O=C(CSc1ccc2c(c1)CCC2)Nc1cc(C(F)(F)F)ccc1-n1cncn1. The molecule has 1 aromatic heterocycles. The first-order chi connectivity index (χ1) is 13.9. The number of nitrogens with one attached hydrogen (secondary N) is 1. The van der Waals surface area contributed by atoms with Crippen molar-refractivity contribution in [3.05, 3.63) is 65.7 Å². The number of rotatable bonds is 5. The Hall–Kier alpha value is -2.81. The summed E-state index contributed by atoms with van der Waals surface area (Å²) in [7, 11) is 0. The van der Waals surface area contributed by atoms with E-state index in [0.717, 1.165) is 36.3 Å². The number of nitrogens with zero attached hydrogens (tertiary/aromatic N) is 3. The number of fused-ring (bicyclic) bond motifs is 1. The van der Waals surface area contributed by atoms with Crippen LogP contribution in [-0.4, -0.2) is 26.4 Å². The first-order valence-electron chi connectivity index (χ1n) is 9.01. The summed E-state index contributed by atoms with van der Waals surface area (Å²) in [6.45, 7) is 0. The third-order valence-corrected chi connectivity index (χ3v) is 5.70. The van der Waals surface area contributed by atoms with Crippen molar-refractivity contribution in [3.8, 4) is 5.69 Å². The second-order valence-corrected chi connectivity index (χ2v) is 7.74. The van der Waals surface area contributed by atoms with E-state index in [2.05, 4.69) is 27.5 Å². The van der Waals surface area contributed by atoms with E-state index in [-0.39, 0.29) is 11.4 Å². The highest BCUT2D eigenvalue weighted by atomic mass is 32.2. The first kappa shape index (κ1) is 19.5. The standard InChI is InChI=1S/C20H17F3N4OS/c21-20(22,23)15-5-7-18(27-12-24-11-25-27)17(9-15)26-19(28)10-29-16-6-4-13-2-1-3-14(13)8-16/h4-9,11-12H,1-3,10H2,(H,26,28). The molecule has 150 valence electrons. The number of carbonyl (C=O) groups excluding carboxylic acids is 1. The van der Waals surface area contributed by atoms with Crippen LogP contribution in [0.3, 0.4) is 0 Å². The summed E-state index contributed by atoms with van der Waals surface area (Å²) in [6, 6.07) is 9.28. The van der Waals surface area contributed by atoms with Crippen LogP contribution in [0, 0.1) is 0 Å². The van der Waals surface area contributed by atoms with Crippen molar-refractivity contribution in [2.45, 2.75) is 30.3 Å². The normalized spacial score (nSPS) is 13.3. The number of thioether (sulfide) groups is 1. The molecule has 4 rings (SSSR count). The van der Waals surface area contributed by atoms with Gasteiger partial charge >= 0.3 is 6.18 Å². The zero-order chi connectivity index (χ0) is 20.4. The minimum atomic E-state index is -4.51. The molecule has 0 atom stereocenters. The van der Waals surface area contributed by atoms with E-state index in [1.165, 1.54) is 46.3 Å². The lowest BCUT2D eigenvalue weighted by Gasteiger charge is -2.14. The van der Waals surface area contributed by atoms with Crippen molar-refractivity contribution in [3.63, 3.8) is 0 Å². The highest BCUT2D eigenvalue weighted by Gasteiger charge is 2.31. The fourth-order valence-corrected chi connectivity index (χ4v) is 4.08. The lowest BCUT2D eigenvalue weighted by Crippen LogP contribution is -2.17. The number of amides is 1. The third kappa shape index (κ3) is 4.45. The van der Waals surface area contributed by atoms with Crippen molar-refractivity contribution in [1.82, 2.24) is 14.8 Å². The van der Waals surface area contributed by atoms with Crippen LogP contribution >= 0.6 is 11.8 Å². The molecule has 0 fully saturated rings. The molecule has 1 aliphatic rings. The van der Waals surface area contributed by atoms with Gasteiger partial charge in [-0.05, 0) is 60.7 Å². The third-order valence-electron chi connectivity index (χ3n) is 4.70. The predicted molar refractivity (Wildman–Crippen MR) is 104 cm³/mol. The predicted octanol–water partition coefficient (Wildman–Crippen LogP) is 4.51. The molecule has 29 heavy (non-hydrogen) atoms. The number of aryl methyl sites for hydroxylation is 2. The van der Waals surface area contributed by atoms with Crippen LogP contribution in [0.5, 0.6) is 0 Å². The Morgan fingerprint density at radius 1 is 1.14 bits per heavy atom. The lowest BCUT2D eigenvalue weighted by molar-refractivity contribution is -0.137. The van der Waals surface area contributed by atoms with E-state index >= 15 is 0 Å². The van der Waals surface area contributed by atoms with Crippen molar-refractivity contribution in [2.75, 3.05) is 11.1 Å². The number of halogens is 3. The topological polar surface area (TPSA) is 59.8 Å². The van der Waals surface area contributed by atoms with Crippen LogP contribution in [-0.2, 0) is 23.8 Å². The number of benzene rings is 2. The van der Waals surface area contributed by atoms with E-state index in [1.807, 2.05) is 6.07 Å². The van der Waals surface area contributed by atoms with Crippen LogP contribution in [0.2, 0.25) is 0 Å². The second-order valence-electron chi connectivity index (χ2n) is 6.69. The molecule has 0 saturated heterocycles. The van der Waals surface area contributed by atoms with Crippen molar-refractivity contribution in [2.24, 2.45) is 0 Å². The molecule has 1 aliphatic carbocycles. The van der Waals surface area contributed by atoms with Gasteiger partial charge < -0.3 is 5.32 Å². The number of alkyl halides is 3. The number of anilines is 1. The number of aromatic nitrogens is 3. The molecule has 1 N–H and O–H groups in total. The van der Waals surface area contributed by atoms with Crippen LogP contribution in [0.25, 0.3) is 5.69 Å². The zero-order valence-electron chi connectivity index (χ0n) is 15.2. The van der Waals surface area contributed by atoms with Gasteiger partial charge in [0, 0.05) is 4.90 Å². The summed E-state index contributed by atoms with van der Waals surface area (Å²) in [5.41, 5.74) is 2.15. The Morgan fingerprint density at radius 2 is 1.97 bits per heavy atom. The largest absolute Gasteiger partial charge is 0.416 e. The van der Waals surface area contributed by atoms with Gasteiger partial charge in [0.15, 0.2) is 0 Å². The Morgan fingerprint density at radius 3 is 2.72 bits per heavy atom. The maximum atomic E-state index is 13.1. The molecule has 2 aromatic carbocycles. The Kier molecular flexibility index (Phi) is 5.31. The Balaban J connectivity index is 1.50. The molecular weight excluding hydrogens is 401 g/mol. The van der Waals surface area contributed by atoms with Gasteiger partial charge in [0.05, 0.1) is 22.7 Å².